The zero-order valence-corrected chi connectivity index (χ0v) is 20.2. The van der Waals surface area contributed by atoms with Gasteiger partial charge in [-0.1, -0.05) is 12.1 Å². The van der Waals surface area contributed by atoms with E-state index in [0.717, 1.165) is 61.6 Å². The summed E-state index contributed by atoms with van der Waals surface area (Å²) in [5, 5.41) is 6.66. The van der Waals surface area contributed by atoms with Gasteiger partial charge in [-0.2, -0.15) is 0 Å². The summed E-state index contributed by atoms with van der Waals surface area (Å²) in [5.41, 5.74) is 2.69. The van der Waals surface area contributed by atoms with Crippen LogP contribution in [0.2, 0.25) is 0 Å². The lowest BCUT2D eigenvalue weighted by atomic mass is 10.2. The van der Waals surface area contributed by atoms with Crippen LogP contribution in [0.5, 0.6) is 5.75 Å². The number of anilines is 1. The molecule has 1 saturated heterocycles. The van der Waals surface area contributed by atoms with Crippen molar-refractivity contribution in [3.8, 4) is 5.75 Å². The van der Waals surface area contributed by atoms with Crippen molar-refractivity contribution >= 4 is 34.5 Å². The number of ether oxygens (including phenoxy) is 2. The normalized spacial score (nSPS) is 15.3. The van der Waals surface area contributed by atoms with Gasteiger partial charge in [0, 0.05) is 55.0 Å². The van der Waals surface area contributed by atoms with Gasteiger partial charge in [-0.25, -0.2) is 0 Å². The molecule has 8 nitrogen and oxygen atoms in total. The van der Waals surface area contributed by atoms with Crippen LogP contribution in [-0.2, 0) is 20.9 Å². The lowest BCUT2D eigenvalue weighted by molar-refractivity contribution is -0.123. The molecule has 1 aliphatic heterocycles. The summed E-state index contributed by atoms with van der Waals surface area (Å²) in [7, 11) is 1.60. The fraction of sp³-hybridized carbons (Fsp3) is 0.333. The van der Waals surface area contributed by atoms with Crippen LogP contribution in [0.15, 0.2) is 60.8 Å². The van der Waals surface area contributed by atoms with Crippen LogP contribution in [0.25, 0.3) is 17.0 Å². The van der Waals surface area contributed by atoms with Gasteiger partial charge >= 0.3 is 0 Å². The van der Waals surface area contributed by atoms with Crippen LogP contribution in [0.3, 0.4) is 0 Å². The number of fused-ring (bicyclic) bond motifs is 1. The summed E-state index contributed by atoms with van der Waals surface area (Å²) in [6.45, 7) is 7.09. The first-order valence-electron chi connectivity index (χ1n) is 11.8. The second-order valence-corrected chi connectivity index (χ2v) is 8.56. The lowest BCUT2D eigenvalue weighted by Crippen LogP contribution is -2.40. The standard InChI is InChI=1S/C27H32N4O4/c1-20(28-26(32)10-5-21-3-7-24(34-2)8-4-21)27(33)29-23-6-9-25-22(19-23)11-12-31(25)14-13-30-15-17-35-18-16-30/h3-12,19-20H,13-18H2,1-2H3,(H,28,32)(H,29,33)/b10-5+. The number of rotatable bonds is 9. The van der Waals surface area contributed by atoms with Crippen molar-refractivity contribution in [1.29, 1.82) is 0 Å². The van der Waals surface area contributed by atoms with Gasteiger partial charge in [0.2, 0.25) is 11.8 Å². The van der Waals surface area contributed by atoms with Crippen molar-refractivity contribution in [1.82, 2.24) is 14.8 Å². The van der Waals surface area contributed by atoms with E-state index >= 15 is 0 Å². The van der Waals surface area contributed by atoms with Crippen LogP contribution < -0.4 is 15.4 Å². The van der Waals surface area contributed by atoms with E-state index in [4.69, 9.17) is 9.47 Å². The van der Waals surface area contributed by atoms with Crippen molar-refractivity contribution in [3.63, 3.8) is 0 Å². The molecule has 0 spiro atoms. The monoisotopic (exact) mass is 476 g/mol. The van der Waals surface area contributed by atoms with Crippen molar-refractivity contribution in [2.75, 3.05) is 45.3 Å². The minimum Gasteiger partial charge on any atom is -0.497 e. The molecule has 2 N–H and O–H groups in total. The first-order valence-corrected chi connectivity index (χ1v) is 11.8. The van der Waals surface area contributed by atoms with E-state index in [-0.39, 0.29) is 11.8 Å². The molecule has 0 radical (unpaired) electrons. The predicted molar refractivity (Wildman–Crippen MR) is 137 cm³/mol. The van der Waals surface area contributed by atoms with Gasteiger partial charge in [0.05, 0.1) is 20.3 Å². The first-order chi connectivity index (χ1) is 17.0. The SMILES string of the molecule is COc1ccc(/C=C/C(=O)NC(C)C(=O)Nc2ccc3c(ccn3CCN3CCOCC3)c2)cc1. The van der Waals surface area contributed by atoms with Gasteiger partial charge in [-0.15, -0.1) is 0 Å². The zero-order chi connectivity index (χ0) is 24.6. The molecule has 0 saturated carbocycles. The highest BCUT2D eigenvalue weighted by atomic mass is 16.5. The molecule has 0 aliphatic carbocycles. The van der Waals surface area contributed by atoms with Gasteiger partial charge < -0.3 is 24.7 Å². The van der Waals surface area contributed by atoms with E-state index in [2.05, 4.69) is 32.4 Å². The lowest BCUT2D eigenvalue weighted by Gasteiger charge is -2.26. The molecule has 1 aliphatic rings. The predicted octanol–water partition coefficient (Wildman–Crippen LogP) is 3.14. The molecular weight excluding hydrogens is 444 g/mol. The van der Waals surface area contributed by atoms with Crippen LogP contribution >= 0.6 is 0 Å². The van der Waals surface area contributed by atoms with Gasteiger partial charge in [0.15, 0.2) is 0 Å². The number of hydrogen-bond donors (Lipinski definition) is 2. The molecule has 4 rings (SSSR count). The Kier molecular flexibility index (Phi) is 8.18. The maximum atomic E-state index is 12.6. The summed E-state index contributed by atoms with van der Waals surface area (Å²) in [4.78, 5) is 27.3. The first kappa shape index (κ1) is 24.5. The summed E-state index contributed by atoms with van der Waals surface area (Å²) in [6.07, 6.45) is 5.18. The van der Waals surface area contributed by atoms with Crippen molar-refractivity contribution in [2.24, 2.45) is 0 Å². The highest BCUT2D eigenvalue weighted by molar-refractivity contribution is 6.00. The maximum Gasteiger partial charge on any atom is 0.246 e. The molecule has 184 valence electrons. The maximum absolute atomic E-state index is 12.6. The van der Waals surface area contributed by atoms with Crippen molar-refractivity contribution < 1.29 is 19.1 Å². The number of hydrogen-bond acceptors (Lipinski definition) is 5. The molecule has 1 unspecified atom stereocenters. The van der Waals surface area contributed by atoms with Gasteiger partial charge in [-0.05, 0) is 55.0 Å². The molecular formula is C27H32N4O4. The molecule has 2 amide bonds. The molecule has 35 heavy (non-hydrogen) atoms. The average molecular weight is 477 g/mol. The van der Waals surface area contributed by atoms with E-state index in [9.17, 15) is 9.59 Å². The summed E-state index contributed by atoms with van der Waals surface area (Å²) < 4.78 is 12.8. The van der Waals surface area contributed by atoms with Crippen LogP contribution in [0.1, 0.15) is 12.5 Å². The Morgan fingerprint density at radius 1 is 1.09 bits per heavy atom. The molecule has 1 aromatic heterocycles. The minimum atomic E-state index is -0.683. The van der Waals surface area contributed by atoms with Gasteiger partial charge in [-0.3, -0.25) is 14.5 Å². The fourth-order valence-corrected chi connectivity index (χ4v) is 4.01. The average Bonchev–Trinajstić information content (AvgIpc) is 3.29. The second kappa shape index (κ2) is 11.7. The second-order valence-electron chi connectivity index (χ2n) is 8.56. The van der Waals surface area contributed by atoms with Crippen molar-refractivity contribution in [2.45, 2.75) is 19.5 Å². The Morgan fingerprint density at radius 2 is 1.86 bits per heavy atom. The molecule has 3 aromatic rings. The Bertz CT molecular complexity index is 1180. The Morgan fingerprint density at radius 3 is 2.60 bits per heavy atom. The fourth-order valence-electron chi connectivity index (χ4n) is 4.01. The largest absolute Gasteiger partial charge is 0.497 e. The third-order valence-corrected chi connectivity index (χ3v) is 6.09. The smallest absolute Gasteiger partial charge is 0.246 e. The van der Waals surface area contributed by atoms with Gasteiger partial charge in [0.25, 0.3) is 0 Å². The quantitative estimate of drug-likeness (QED) is 0.464. The van der Waals surface area contributed by atoms with Crippen LogP contribution in [0, 0.1) is 0 Å². The van der Waals surface area contributed by atoms with Crippen LogP contribution in [-0.4, -0.2) is 67.3 Å². The summed E-state index contributed by atoms with van der Waals surface area (Å²) in [6, 6.07) is 14.6. The molecule has 8 heteroatoms. The van der Waals surface area contributed by atoms with E-state index in [1.54, 1.807) is 20.1 Å². The zero-order valence-electron chi connectivity index (χ0n) is 20.2. The molecule has 1 fully saturated rings. The van der Waals surface area contributed by atoms with E-state index in [1.807, 2.05) is 42.5 Å². The topological polar surface area (TPSA) is 84.8 Å². The van der Waals surface area contributed by atoms with E-state index in [1.165, 1.54) is 6.08 Å². The molecule has 2 aromatic carbocycles. The Labute approximate surface area is 205 Å². The molecule has 1 atom stereocenters. The van der Waals surface area contributed by atoms with E-state index in [0.29, 0.717) is 5.69 Å². The molecule has 0 bridgehead atoms. The summed E-state index contributed by atoms with van der Waals surface area (Å²) >= 11 is 0. The number of amides is 2. The third kappa shape index (κ3) is 6.71. The highest BCUT2D eigenvalue weighted by Gasteiger charge is 2.15. The Hall–Kier alpha value is -3.62. The number of methoxy groups -OCH3 is 1. The Balaban J connectivity index is 1.29. The van der Waals surface area contributed by atoms with Crippen molar-refractivity contribution in [3.05, 3.63) is 66.4 Å². The number of carbonyl (C=O) groups is 2. The number of benzene rings is 2. The minimum absolute atomic E-state index is 0.276. The number of aromatic nitrogens is 1. The van der Waals surface area contributed by atoms with Crippen LogP contribution in [0.4, 0.5) is 5.69 Å². The molecule has 2 heterocycles. The number of morpholine rings is 1. The van der Waals surface area contributed by atoms with E-state index < -0.39 is 6.04 Å². The third-order valence-electron chi connectivity index (χ3n) is 6.09. The number of nitrogens with zero attached hydrogens (tertiary/aromatic N) is 2. The summed E-state index contributed by atoms with van der Waals surface area (Å²) in [5.74, 6) is 0.137. The van der Waals surface area contributed by atoms with Gasteiger partial charge in [0.1, 0.15) is 11.8 Å². The number of carbonyl (C=O) groups excluding carboxylic acids is 2. The number of nitrogens with one attached hydrogen (secondary N) is 2. The highest BCUT2D eigenvalue weighted by Crippen LogP contribution is 2.21.